The van der Waals surface area contributed by atoms with Crippen LogP contribution in [-0.4, -0.2) is 53.5 Å². The van der Waals surface area contributed by atoms with Crippen molar-refractivity contribution in [3.05, 3.63) is 23.9 Å². The largest absolute Gasteiger partial charge is 0.480 e. The third-order valence-corrected chi connectivity index (χ3v) is 3.25. The smallest absolute Gasteiger partial charge is 0.326 e. The number of carbonyl (C=O) groups excluding carboxylic acids is 1. The van der Waals surface area contributed by atoms with E-state index in [1.165, 1.54) is 11.1 Å². The quantitative estimate of drug-likeness (QED) is 0.874. The Hall–Kier alpha value is -2.11. The number of amides is 1. The monoisotopic (exact) mass is 263 g/mol. The third-order valence-electron chi connectivity index (χ3n) is 3.25. The summed E-state index contributed by atoms with van der Waals surface area (Å²) in [6, 6.07) is 2.72. The zero-order chi connectivity index (χ0) is 14.0. The molecule has 1 aromatic rings. The minimum atomic E-state index is -0.941. The minimum absolute atomic E-state index is 0.261. The number of pyridine rings is 1. The summed E-state index contributed by atoms with van der Waals surface area (Å²) in [4.78, 5) is 30.7. The number of nitrogens with zero attached hydrogens (tertiary/aromatic N) is 3. The van der Waals surface area contributed by atoms with Crippen LogP contribution in [-0.2, 0) is 4.79 Å². The number of hydrogen-bond donors (Lipinski definition) is 1. The highest BCUT2D eigenvalue weighted by molar-refractivity contribution is 5.96. The van der Waals surface area contributed by atoms with Gasteiger partial charge in [0.05, 0.1) is 5.56 Å². The van der Waals surface area contributed by atoms with E-state index in [1.54, 1.807) is 12.1 Å². The van der Waals surface area contributed by atoms with Crippen LogP contribution in [0.5, 0.6) is 0 Å². The van der Waals surface area contributed by atoms with Crippen molar-refractivity contribution in [3.8, 4) is 0 Å². The Balaban J connectivity index is 2.17. The standard InChI is InChI=1S/C13H17N3O3/c1-15(2)11-6-5-9(8-14-11)12(17)16-7-3-4-10(16)13(18)19/h5-6,8,10H,3-4,7H2,1-2H3,(H,18,19)/t10-/m0/s1. The van der Waals surface area contributed by atoms with Crippen LogP contribution in [0.15, 0.2) is 18.3 Å². The second-order valence-corrected chi connectivity index (χ2v) is 4.79. The van der Waals surface area contributed by atoms with Crippen LogP contribution in [0.2, 0.25) is 0 Å². The SMILES string of the molecule is CN(C)c1ccc(C(=O)N2CCC[C@H]2C(=O)O)cn1. The average molecular weight is 263 g/mol. The number of carboxylic acid groups (broad SMARTS) is 1. The van der Waals surface area contributed by atoms with E-state index in [9.17, 15) is 9.59 Å². The number of anilines is 1. The lowest BCUT2D eigenvalue weighted by Crippen LogP contribution is -2.40. The molecule has 1 atom stereocenters. The van der Waals surface area contributed by atoms with Crippen molar-refractivity contribution in [3.63, 3.8) is 0 Å². The third kappa shape index (κ3) is 2.67. The predicted octanol–water partition coefficient (Wildman–Crippen LogP) is 0.837. The van der Waals surface area contributed by atoms with E-state index in [2.05, 4.69) is 4.98 Å². The first-order valence-electron chi connectivity index (χ1n) is 6.18. The topological polar surface area (TPSA) is 73.7 Å². The van der Waals surface area contributed by atoms with Crippen molar-refractivity contribution < 1.29 is 14.7 Å². The highest BCUT2D eigenvalue weighted by Gasteiger charge is 2.34. The Kier molecular flexibility index (Phi) is 3.69. The van der Waals surface area contributed by atoms with Gasteiger partial charge in [0, 0.05) is 26.8 Å². The Morgan fingerprint density at radius 1 is 1.42 bits per heavy atom. The maximum atomic E-state index is 12.3. The summed E-state index contributed by atoms with van der Waals surface area (Å²) in [6.07, 6.45) is 2.74. The van der Waals surface area contributed by atoms with E-state index >= 15 is 0 Å². The van der Waals surface area contributed by atoms with Gasteiger partial charge in [-0.25, -0.2) is 9.78 Å². The maximum Gasteiger partial charge on any atom is 0.326 e. The molecule has 1 amide bonds. The summed E-state index contributed by atoms with van der Waals surface area (Å²) >= 11 is 0. The number of carbonyl (C=O) groups is 2. The van der Waals surface area contributed by atoms with Gasteiger partial charge in [-0.1, -0.05) is 0 Å². The molecule has 6 heteroatoms. The highest BCUT2D eigenvalue weighted by Crippen LogP contribution is 2.20. The van der Waals surface area contributed by atoms with Crippen molar-refractivity contribution >= 4 is 17.7 Å². The van der Waals surface area contributed by atoms with Gasteiger partial charge < -0.3 is 14.9 Å². The van der Waals surface area contributed by atoms with Crippen LogP contribution in [0.25, 0.3) is 0 Å². The summed E-state index contributed by atoms with van der Waals surface area (Å²) in [6.45, 7) is 0.491. The summed E-state index contributed by atoms with van der Waals surface area (Å²) in [7, 11) is 3.73. The molecule has 1 fully saturated rings. The van der Waals surface area contributed by atoms with E-state index in [1.807, 2.05) is 19.0 Å². The first-order chi connectivity index (χ1) is 9.00. The molecule has 1 aliphatic rings. The molecule has 102 valence electrons. The predicted molar refractivity (Wildman–Crippen MR) is 70.3 cm³/mol. The molecular weight excluding hydrogens is 246 g/mol. The highest BCUT2D eigenvalue weighted by atomic mass is 16.4. The lowest BCUT2D eigenvalue weighted by atomic mass is 10.2. The van der Waals surface area contributed by atoms with E-state index in [4.69, 9.17) is 5.11 Å². The summed E-state index contributed by atoms with van der Waals surface area (Å²) in [5.41, 5.74) is 0.429. The van der Waals surface area contributed by atoms with Crippen LogP contribution in [0, 0.1) is 0 Å². The molecule has 1 N–H and O–H groups in total. The van der Waals surface area contributed by atoms with Crippen molar-refractivity contribution in [1.82, 2.24) is 9.88 Å². The fourth-order valence-electron chi connectivity index (χ4n) is 2.21. The number of likely N-dealkylation sites (tertiary alicyclic amines) is 1. The summed E-state index contributed by atoms with van der Waals surface area (Å²) in [5.74, 6) is -0.445. The second-order valence-electron chi connectivity index (χ2n) is 4.79. The summed E-state index contributed by atoms with van der Waals surface area (Å²) < 4.78 is 0. The maximum absolute atomic E-state index is 12.3. The molecule has 0 bridgehead atoms. The van der Waals surface area contributed by atoms with Crippen LogP contribution >= 0.6 is 0 Å². The number of hydrogen-bond acceptors (Lipinski definition) is 4. The molecule has 1 aliphatic heterocycles. The number of aliphatic carboxylic acids is 1. The molecule has 0 unspecified atom stereocenters. The number of rotatable bonds is 3. The van der Waals surface area contributed by atoms with Crippen molar-refractivity contribution in [1.29, 1.82) is 0 Å². The lowest BCUT2D eigenvalue weighted by molar-refractivity contribution is -0.141. The summed E-state index contributed by atoms with van der Waals surface area (Å²) in [5, 5.41) is 9.08. The van der Waals surface area contributed by atoms with Crippen molar-refractivity contribution in [2.24, 2.45) is 0 Å². The number of carboxylic acids is 1. The Labute approximate surface area is 111 Å². The Bertz CT molecular complexity index is 484. The van der Waals surface area contributed by atoms with E-state index in [0.717, 1.165) is 12.2 Å². The molecule has 2 rings (SSSR count). The molecule has 0 saturated carbocycles. The first-order valence-corrected chi connectivity index (χ1v) is 6.18. The first kappa shape index (κ1) is 13.3. The zero-order valence-corrected chi connectivity index (χ0v) is 11.0. The fraction of sp³-hybridized carbons (Fsp3) is 0.462. The molecular formula is C13H17N3O3. The average Bonchev–Trinajstić information content (AvgIpc) is 2.87. The van der Waals surface area contributed by atoms with E-state index < -0.39 is 12.0 Å². The second kappa shape index (κ2) is 5.26. The van der Waals surface area contributed by atoms with Gasteiger partial charge in [0.15, 0.2) is 0 Å². The van der Waals surface area contributed by atoms with Gasteiger partial charge in [0.2, 0.25) is 0 Å². The van der Waals surface area contributed by atoms with Gasteiger partial charge in [-0.15, -0.1) is 0 Å². The van der Waals surface area contributed by atoms with E-state index in [0.29, 0.717) is 18.5 Å². The molecule has 1 saturated heterocycles. The van der Waals surface area contributed by atoms with Crippen LogP contribution in [0.1, 0.15) is 23.2 Å². The Morgan fingerprint density at radius 3 is 2.68 bits per heavy atom. The van der Waals surface area contributed by atoms with Gasteiger partial charge in [-0.05, 0) is 25.0 Å². The molecule has 0 spiro atoms. The molecule has 2 heterocycles. The molecule has 0 aromatic carbocycles. The van der Waals surface area contributed by atoms with Gasteiger partial charge in [-0.3, -0.25) is 4.79 Å². The lowest BCUT2D eigenvalue weighted by Gasteiger charge is -2.21. The van der Waals surface area contributed by atoms with Gasteiger partial charge >= 0.3 is 5.97 Å². The molecule has 0 radical (unpaired) electrons. The van der Waals surface area contributed by atoms with Crippen LogP contribution < -0.4 is 4.90 Å². The molecule has 6 nitrogen and oxygen atoms in total. The molecule has 0 aliphatic carbocycles. The van der Waals surface area contributed by atoms with Crippen molar-refractivity contribution in [2.45, 2.75) is 18.9 Å². The zero-order valence-electron chi connectivity index (χ0n) is 11.0. The Morgan fingerprint density at radius 2 is 2.16 bits per heavy atom. The normalized spacial score (nSPS) is 18.4. The molecule has 19 heavy (non-hydrogen) atoms. The molecule has 1 aromatic heterocycles. The fourth-order valence-corrected chi connectivity index (χ4v) is 2.21. The van der Waals surface area contributed by atoms with E-state index in [-0.39, 0.29) is 5.91 Å². The van der Waals surface area contributed by atoms with Crippen LogP contribution in [0.3, 0.4) is 0 Å². The van der Waals surface area contributed by atoms with Gasteiger partial charge in [0.1, 0.15) is 11.9 Å². The number of aromatic nitrogens is 1. The van der Waals surface area contributed by atoms with Gasteiger partial charge in [-0.2, -0.15) is 0 Å². The minimum Gasteiger partial charge on any atom is -0.480 e. The van der Waals surface area contributed by atoms with Gasteiger partial charge in [0.25, 0.3) is 5.91 Å². The van der Waals surface area contributed by atoms with Crippen molar-refractivity contribution in [2.75, 3.05) is 25.5 Å². The van der Waals surface area contributed by atoms with Crippen LogP contribution in [0.4, 0.5) is 5.82 Å².